The van der Waals surface area contributed by atoms with Crippen molar-refractivity contribution in [1.29, 1.82) is 5.26 Å². The lowest BCUT2D eigenvalue weighted by molar-refractivity contribution is 0.0593. The van der Waals surface area contributed by atoms with Crippen LogP contribution in [-0.4, -0.2) is 27.6 Å². The van der Waals surface area contributed by atoms with Gasteiger partial charge in [0, 0.05) is 17.4 Å². The summed E-state index contributed by atoms with van der Waals surface area (Å²) in [6, 6.07) is 15.5. The Bertz CT molecular complexity index is 1240. The molecule has 138 valence electrons. The molecule has 4 aromatic rings. The Kier molecular flexibility index (Phi) is 4.09. The van der Waals surface area contributed by atoms with Crippen LogP contribution in [0.3, 0.4) is 0 Å². The molecule has 3 N–H and O–H groups in total. The van der Waals surface area contributed by atoms with Gasteiger partial charge in [-0.3, -0.25) is 0 Å². The summed E-state index contributed by atoms with van der Waals surface area (Å²) in [5, 5.41) is 9.23. The highest BCUT2D eigenvalue weighted by Gasteiger charge is 2.21. The van der Waals surface area contributed by atoms with Crippen LogP contribution in [0.5, 0.6) is 0 Å². The minimum absolute atomic E-state index is 0.103. The smallest absolute Gasteiger partial charge is 0.357 e. The third kappa shape index (κ3) is 2.77. The van der Waals surface area contributed by atoms with Crippen molar-refractivity contribution < 1.29 is 9.53 Å². The van der Waals surface area contributed by atoms with Crippen LogP contribution in [0, 0.1) is 18.3 Å². The van der Waals surface area contributed by atoms with Crippen molar-refractivity contribution in [2.75, 3.05) is 12.8 Å². The van der Waals surface area contributed by atoms with Crippen LogP contribution in [0.1, 0.15) is 21.6 Å². The van der Waals surface area contributed by atoms with Gasteiger partial charge in [-0.2, -0.15) is 5.26 Å². The number of fused-ring (bicyclic) bond motifs is 1. The molecule has 0 spiro atoms. The van der Waals surface area contributed by atoms with Gasteiger partial charge in [-0.15, -0.1) is 0 Å². The van der Waals surface area contributed by atoms with Gasteiger partial charge >= 0.3 is 5.97 Å². The van der Waals surface area contributed by atoms with E-state index in [2.05, 4.69) is 16.0 Å². The van der Waals surface area contributed by atoms with E-state index in [0.717, 1.165) is 28.0 Å². The second kappa shape index (κ2) is 6.59. The van der Waals surface area contributed by atoms with Crippen molar-refractivity contribution in [2.24, 2.45) is 0 Å². The van der Waals surface area contributed by atoms with Crippen LogP contribution in [0.25, 0.3) is 28.1 Å². The van der Waals surface area contributed by atoms with Crippen LogP contribution in [0.15, 0.2) is 48.7 Å². The van der Waals surface area contributed by atoms with Crippen molar-refractivity contribution >= 4 is 22.7 Å². The lowest BCUT2D eigenvalue weighted by atomic mass is 10.2. The minimum atomic E-state index is -0.601. The maximum Gasteiger partial charge on any atom is 0.357 e. The number of methoxy groups -OCH3 is 1. The second-order valence-corrected chi connectivity index (χ2v) is 6.43. The molecular formula is C21H17N5O2. The lowest BCUT2D eigenvalue weighted by Gasteiger charge is -2.09. The number of carbonyl (C=O) groups is 1. The molecule has 0 atom stereocenters. The number of nitrogens with two attached hydrogens (primary N) is 1. The van der Waals surface area contributed by atoms with E-state index in [-0.39, 0.29) is 16.9 Å². The molecule has 0 amide bonds. The summed E-state index contributed by atoms with van der Waals surface area (Å²) in [5.74, 6) is 0.154. The molecule has 0 aliphatic heterocycles. The van der Waals surface area contributed by atoms with Crippen LogP contribution in [0.4, 0.5) is 5.69 Å². The van der Waals surface area contributed by atoms with Gasteiger partial charge in [0.1, 0.15) is 11.9 Å². The predicted octanol–water partition coefficient (Wildman–Crippen LogP) is 3.57. The number of esters is 1. The van der Waals surface area contributed by atoms with Crippen LogP contribution in [-0.2, 0) is 4.74 Å². The molecule has 0 aliphatic carbocycles. The SMILES string of the molecule is COC(=O)c1c(N)c(C#N)cn1-c1ccc(-c2nc3ccc(C)cc3[nH]2)cc1. The zero-order valence-electron chi connectivity index (χ0n) is 15.4. The standard InChI is InChI=1S/C21H17N5O2/c1-12-3-8-16-17(9-12)25-20(24-16)13-4-6-15(7-5-13)26-11-14(10-22)18(23)19(26)21(27)28-2/h3-9,11H,23H2,1-2H3,(H,24,25). The van der Waals surface area contributed by atoms with Gasteiger partial charge in [0.05, 0.1) is 29.4 Å². The summed E-state index contributed by atoms with van der Waals surface area (Å²) >= 11 is 0. The van der Waals surface area contributed by atoms with Gasteiger partial charge < -0.3 is 20.0 Å². The Morgan fingerprint density at radius 2 is 2.00 bits per heavy atom. The van der Waals surface area contributed by atoms with E-state index in [4.69, 9.17) is 10.5 Å². The summed E-state index contributed by atoms with van der Waals surface area (Å²) in [4.78, 5) is 20.1. The third-order valence-electron chi connectivity index (χ3n) is 4.60. The molecule has 0 radical (unpaired) electrons. The molecule has 28 heavy (non-hydrogen) atoms. The molecule has 0 unspecified atom stereocenters. The number of carbonyl (C=O) groups excluding carboxylic acids is 1. The Morgan fingerprint density at radius 3 is 2.68 bits per heavy atom. The van der Waals surface area contributed by atoms with Gasteiger partial charge in [-0.05, 0) is 48.9 Å². The van der Waals surface area contributed by atoms with Gasteiger partial charge in [-0.25, -0.2) is 9.78 Å². The van der Waals surface area contributed by atoms with E-state index in [9.17, 15) is 10.1 Å². The molecule has 2 heterocycles. The first kappa shape index (κ1) is 17.4. The first-order chi connectivity index (χ1) is 13.5. The first-order valence-corrected chi connectivity index (χ1v) is 8.58. The molecule has 0 bridgehead atoms. The number of H-pyrrole nitrogens is 1. The zero-order chi connectivity index (χ0) is 19.8. The Hall–Kier alpha value is -4.05. The lowest BCUT2D eigenvalue weighted by Crippen LogP contribution is -2.11. The fourth-order valence-corrected chi connectivity index (χ4v) is 3.16. The largest absolute Gasteiger partial charge is 0.464 e. The molecule has 2 aromatic heterocycles. The average molecular weight is 371 g/mol. The maximum absolute atomic E-state index is 12.1. The highest BCUT2D eigenvalue weighted by atomic mass is 16.5. The minimum Gasteiger partial charge on any atom is -0.464 e. The number of hydrogen-bond donors (Lipinski definition) is 2. The fraction of sp³-hybridized carbons (Fsp3) is 0.0952. The molecule has 4 rings (SSSR count). The van der Waals surface area contributed by atoms with Crippen molar-refractivity contribution in [3.05, 3.63) is 65.5 Å². The monoisotopic (exact) mass is 371 g/mol. The molecular weight excluding hydrogens is 354 g/mol. The highest BCUT2D eigenvalue weighted by Crippen LogP contribution is 2.27. The molecule has 0 saturated carbocycles. The van der Waals surface area contributed by atoms with E-state index in [1.165, 1.54) is 13.3 Å². The average Bonchev–Trinajstić information content (AvgIpc) is 3.28. The predicted molar refractivity (Wildman–Crippen MR) is 106 cm³/mol. The van der Waals surface area contributed by atoms with E-state index >= 15 is 0 Å². The summed E-state index contributed by atoms with van der Waals surface area (Å²) in [7, 11) is 1.28. The Labute approximate surface area is 161 Å². The Balaban J connectivity index is 1.76. The third-order valence-corrected chi connectivity index (χ3v) is 4.60. The summed E-state index contributed by atoms with van der Waals surface area (Å²) in [6.07, 6.45) is 1.53. The van der Waals surface area contributed by atoms with E-state index in [1.807, 2.05) is 49.4 Å². The van der Waals surface area contributed by atoms with Gasteiger partial charge in [0.25, 0.3) is 0 Å². The number of aryl methyl sites for hydroxylation is 1. The number of nitrogens with one attached hydrogen (secondary N) is 1. The highest BCUT2D eigenvalue weighted by molar-refractivity contribution is 5.96. The number of aromatic nitrogens is 3. The zero-order valence-corrected chi connectivity index (χ0v) is 15.4. The number of ether oxygens (including phenoxy) is 1. The quantitative estimate of drug-likeness (QED) is 0.535. The number of nitrogens with zero attached hydrogens (tertiary/aromatic N) is 3. The number of hydrogen-bond acceptors (Lipinski definition) is 5. The molecule has 0 fully saturated rings. The number of anilines is 1. The maximum atomic E-state index is 12.1. The molecule has 0 aliphatic rings. The topological polar surface area (TPSA) is 110 Å². The Morgan fingerprint density at radius 1 is 1.25 bits per heavy atom. The number of imidazole rings is 1. The number of rotatable bonds is 3. The molecule has 2 aromatic carbocycles. The van der Waals surface area contributed by atoms with Crippen molar-refractivity contribution in [3.8, 4) is 23.1 Å². The second-order valence-electron chi connectivity index (χ2n) is 6.43. The van der Waals surface area contributed by atoms with Crippen LogP contribution in [0.2, 0.25) is 0 Å². The van der Waals surface area contributed by atoms with Crippen LogP contribution >= 0.6 is 0 Å². The van der Waals surface area contributed by atoms with Crippen molar-refractivity contribution in [2.45, 2.75) is 6.92 Å². The van der Waals surface area contributed by atoms with Gasteiger partial charge in [0.2, 0.25) is 0 Å². The van der Waals surface area contributed by atoms with Crippen LogP contribution < -0.4 is 5.73 Å². The molecule has 7 nitrogen and oxygen atoms in total. The van der Waals surface area contributed by atoms with Crippen molar-refractivity contribution in [1.82, 2.24) is 14.5 Å². The molecule has 7 heteroatoms. The summed E-state index contributed by atoms with van der Waals surface area (Å²) in [6.45, 7) is 2.03. The summed E-state index contributed by atoms with van der Waals surface area (Å²) in [5.41, 5.74) is 11.0. The number of nitriles is 1. The van der Waals surface area contributed by atoms with E-state index in [0.29, 0.717) is 5.69 Å². The number of nitrogen functional groups attached to an aromatic ring is 1. The number of aromatic amines is 1. The van der Waals surface area contributed by atoms with Gasteiger partial charge in [0.15, 0.2) is 5.69 Å². The van der Waals surface area contributed by atoms with E-state index < -0.39 is 5.97 Å². The van der Waals surface area contributed by atoms with E-state index in [1.54, 1.807) is 4.57 Å². The summed E-state index contributed by atoms with van der Waals surface area (Å²) < 4.78 is 6.37. The van der Waals surface area contributed by atoms with Gasteiger partial charge in [-0.1, -0.05) is 6.07 Å². The number of benzene rings is 2. The molecule has 0 saturated heterocycles. The first-order valence-electron chi connectivity index (χ1n) is 8.58. The normalized spacial score (nSPS) is 10.8. The van der Waals surface area contributed by atoms with Crippen molar-refractivity contribution in [3.63, 3.8) is 0 Å². The fourth-order valence-electron chi connectivity index (χ4n) is 3.16.